The molecular formula is C15H19NO5. The highest BCUT2D eigenvalue weighted by Gasteiger charge is 2.10. The maximum Gasteiger partial charge on any atom is 0.325 e. The number of ether oxygens (including phenoxy) is 2. The quantitative estimate of drug-likeness (QED) is 0.767. The maximum absolute atomic E-state index is 11.8. The highest BCUT2D eigenvalue weighted by Crippen LogP contribution is 2.13. The van der Waals surface area contributed by atoms with E-state index < -0.39 is 11.9 Å². The molecule has 21 heavy (non-hydrogen) atoms. The molecule has 0 saturated carbocycles. The van der Waals surface area contributed by atoms with Gasteiger partial charge >= 0.3 is 5.97 Å². The van der Waals surface area contributed by atoms with Crippen molar-refractivity contribution in [3.8, 4) is 5.75 Å². The number of amides is 1. The molecule has 1 amide bonds. The van der Waals surface area contributed by atoms with Crippen molar-refractivity contribution in [2.75, 3.05) is 13.2 Å². The number of benzene rings is 1. The van der Waals surface area contributed by atoms with Crippen LogP contribution in [0, 0.1) is 0 Å². The van der Waals surface area contributed by atoms with Crippen LogP contribution in [0.4, 0.5) is 0 Å². The Labute approximate surface area is 123 Å². The van der Waals surface area contributed by atoms with E-state index in [4.69, 9.17) is 4.74 Å². The standard InChI is InChI=1S/C15H19NO5/c1-10(2)21-13-6-4-12(5-7-13)15(19)16-8-14(18)20-9-11(3)17/h4-7,10H,8-9H2,1-3H3,(H,16,19). The Morgan fingerprint density at radius 2 is 1.76 bits per heavy atom. The summed E-state index contributed by atoms with van der Waals surface area (Å²) in [5.74, 6) is -0.637. The molecule has 0 unspecified atom stereocenters. The van der Waals surface area contributed by atoms with Crippen LogP contribution in [0.2, 0.25) is 0 Å². The van der Waals surface area contributed by atoms with Gasteiger partial charge in [-0.1, -0.05) is 0 Å². The summed E-state index contributed by atoms with van der Waals surface area (Å²) in [4.78, 5) is 33.7. The maximum atomic E-state index is 11.8. The number of hydrogen-bond acceptors (Lipinski definition) is 5. The van der Waals surface area contributed by atoms with E-state index in [0.717, 1.165) is 0 Å². The van der Waals surface area contributed by atoms with Crippen molar-refractivity contribution in [1.82, 2.24) is 5.32 Å². The predicted molar refractivity (Wildman–Crippen MR) is 76.2 cm³/mol. The van der Waals surface area contributed by atoms with E-state index in [9.17, 15) is 14.4 Å². The molecule has 6 heteroatoms. The fraction of sp³-hybridized carbons (Fsp3) is 0.400. The molecule has 0 aliphatic heterocycles. The van der Waals surface area contributed by atoms with Crippen molar-refractivity contribution in [1.29, 1.82) is 0 Å². The number of carbonyl (C=O) groups is 3. The van der Waals surface area contributed by atoms with Crippen LogP contribution >= 0.6 is 0 Å². The average Bonchev–Trinajstić information content (AvgIpc) is 2.42. The summed E-state index contributed by atoms with van der Waals surface area (Å²) < 4.78 is 10.1. The van der Waals surface area contributed by atoms with Gasteiger partial charge in [-0.2, -0.15) is 0 Å². The fourth-order valence-corrected chi connectivity index (χ4v) is 1.44. The van der Waals surface area contributed by atoms with Gasteiger partial charge < -0.3 is 14.8 Å². The van der Waals surface area contributed by atoms with Gasteiger partial charge in [-0.3, -0.25) is 14.4 Å². The lowest BCUT2D eigenvalue weighted by Gasteiger charge is -2.10. The number of Topliss-reactive ketones (excluding diaryl/α,β-unsaturated/α-hetero) is 1. The normalized spacial score (nSPS) is 10.1. The molecule has 0 heterocycles. The molecule has 1 aromatic carbocycles. The second-order valence-corrected chi connectivity index (χ2v) is 4.74. The summed E-state index contributed by atoms with van der Waals surface area (Å²) in [7, 11) is 0. The van der Waals surface area contributed by atoms with Gasteiger partial charge in [-0.15, -0.1) is 0 Å². The predicted octanol–water partition coefficient (Wildman–Crippen LogP) is 1.34. The van der Waals surface area contributed by atoms with E-state index in [1.807, 2.05) is 13.8 Å². The monoisotopic (exact) mass is 293 g/mol. The molecule has 0 aliphatic rings. The molecule has 1 aromatic rings. The summed E-state index contributed by atoms with van der Waals surface area (Å²) in [5.41, 5.74) is 0.408. The van der Waals surface area contributed by atoms with E-state index in [1.54, 1.807) is 24.3 Å². The zero-order valence-corrected chi connectivity index (χ0v) is 12.3. The van der Waals surface area contributed by atoms with Crippen molar-refractivity contribution in [3.63, 3.8) is 0 Å². The van der Waals surface area contributed by atoms with Crippen LogP contribution in [0.15, 0.2) is 24.3 Å². The topological polar surface area (TPSA) is 81.7 Å². The summed E-state index contributed by atoms with van der Waals surface area (Å²) in [6, 6.07) is 6.58. The van der Waals surface area contributed by atoms with Crippen LogP contribution in [0.5, 0.6) is 5.75 Å². The number of rotatable bonds is 7. The number of esters is 1. The van der Waals surface area contributed by atoms with Gasteiger partial charge in [0.25, 0.3) is 5.91 Å². The van der Waals surface area contributed by atoms with E-state index in [2.05, 4.69) is 10.1 Å². The van der Waals surface area contributed by atoms with Crippen molar-refractivity contribution >= 4 is 17.7 Å². The molecule has 0 aromatic heterocycles. The van der Waals surface area contributed by atoms with Crippen LogP contribution in [0.25, 0.3) is 0 Å². The SMILES string of the molecule is CC(=O)COC(=O)CNC(=O)c1ccc(OC(C)C)cc1. The molecular weight excluding hydrogens is 274 g/mol. The van der Waals surface area contributed by atoms with Gasteiger partial charge in [0, 0.05) is 5.56 Å². The van der Waals surface area contributed by atoms with Crippen LogP contribution < -0.4 is 10.1 Å². The van der Waals surface area contributed by atoms with Crippen molar-refractivity contribution in [3.05, 3.63) is 29.8 Å². The first-order valence-electron chi connectivity index (χ1n) is 6.58. The summed E-state index contributed by atoms with van der Waals surface area (Å²) in [6.45, 7) is 4.57. The molecule has 0 radical (unpaired) electrons. The number of ketones is 1. The van der Waals surface area contributed by atoms with Crippen molar-refractivity contribution in [2.45, 2.75) is 26.9 Å². The second-order valence-electron chi connectivity index (χ2n) is 4.74. The van der Waals surface area contributed by atoms with Gasteiger partial charge in [-0.05, 0) is 45.0 Å². The van der Waals surface area contributed by atoms with Crippen molar-refractivity contribution in [2.24, 2.45) is 0 Å². The van der Waals surface area contributed by atoms with Gasteiger partial charge in [0.15, 0.2) is 5.78 Å². The van der Waals surface area contributed by atoms with E-state index in [1.165, 1.54) is 6.92 Å². The molecule has 114 valence electrons. The highest BCUT2D eigenvalue weighted by molar-refractivity contribution is 5.96. The minimum absolute atomic E-state index is 0.0562. The first-order chi connectivity index (χ1) is 9.88. The Kier molecular flexibility index (Phi) is 6.39. The number of hydrogen-bond donors (Lipinski definition) is 1. The molecule has 0 fully saturated rings. The average molecular weight is 293 g/mol. The molecule has 0 aliphatic carbocycles. The summed E-state index contributed by atoms with van der Waals surface area (Å²) >= 11 is 0. The summed E-state index contributed by atoms with van der Waals surface area (Å²) in [6.07, 6.45) is 0.0562. The molecule has 1 rings (SSSR count). The first kappa shape index (κ1) is 16.7. The van der Waals surface area contributed by atoms with E-state index in [0.29, 0.717) is 11.3 Å². The zero-order valence-electron chi connectivity index (χ0n) is 12.3. The van der Waals surface area contributed by atoms with Crippen LogP contribution in [-0.4, -0.2) is 36.9 Å². The zero-order chi connectivity index (χ0) is 15.8. The molecule has 0 bridgehead atoms. The van der Waals surface area contributed by atoms with Gasteiger partial charge in [0.05, 0.1) is 6.10 Å². The third-order valence-corrected chi connectivity index (χ3v) is 2.32. The number of carbonyl (C=O) groups excluding carboxylic acids is 3. The fourth-order valence-electron chi connectivity index (χ4n) is 1.44. The Balaban J connectivity index is 2.45. The third-order valence-electron chi connectivity index (χ3n) is 2.32. The Morgan fingerprint density at radius 3 is 2.29 bits per heavy atom. The first-order valence-corrected chi connectivity index (χ1v) is 6.58. The lowest BCUT2D eigenvalue weighted by molar-refractivity contribution is -0.146. The van der Waals surface area contributed by atoms with E-state index in [-0.39, 0.29) is 25.0 Å². The van der Waals surface area contributed by atoms with Crippen LogP contribution in [0.3, 0.4) is 0 Å². The minimum Gasteiger partial charge on any atom is -0.491 e. The Bertz CT molecular complexity index is 507. The lowest BCUT2D eigenvalue weighted by atomic mass is 10.2. The third kappa shape index (κ3) is 6.56. The molecule has 0 saturated heterocycles. The van der Waals surface area contributed by atoms with Gasteiger partial charge in [0.1, 0.15) is 18.9 Å². The summed E-state index contributed by atoms with van der Waals surface area (Å²) in [5, 5.41) is 2.42. The highest BCUT2D eigenvalue weighted by atomic mass is 16.5. The largest absolute Gasteiger partial charge is 0.491 e. The molecule has 0 spiro atoms. The van der Waals surface area contributed by atoms with Gasteiger partial charge in [0.2, 0.25) is 0 Å². The van der Waals surface area contributed by atoms with Crippen LogP contribution in [-0.2, 0) is 14.3 Å². The van der Waals surface area contributed by atoms with Crippen molar-refractivity contribution < 1.29 is 23.9 Å². The molecule has 0 atom stereocenters. The smallest absolute Gasteiger partial charge is 0.325 e. The lowest BCUT2D eigenvalue weighted by Crippen LogP contribution is -2.31. The Hall–Kier alpha value is -2.37. The number of nitrogens with one attached hydrogen (secondary N) is 1. The van der Waals surface area contributed by atoms with E-state index >= 15 is 0 Å². The molecule has 1 N–H and O–H groups in total. The van der Waals surface area contributed by atoms with Crippen LogP contribution in [0.1, 0.15) is 31.1 Å². The molecule has 6 nitrogen and oxygen atoms in total. The Morgan fingerprint density at radius 1 is 1.14 bits per heavy atom. The van der Waals surface area contributed by atoms with Gasteiger partial charge in [-0.25, -0.2) is 0 Å². The second kappa shape index (κ2) is 8.04. The minimum atomic E-state index is -0.654.